The van der Waals surface area contributed by atoms with Gasteiger partial charge < -0.3 is 15.3 Å². The Morgan fingerprint density at radius 1 is 0.692 bits per heavy atom. The molecule has 0 saturated heterocycles. The van der Waals surface area contributed by atoms with Crippen molar-refractivity contribution in [3.63, 3.8) is 0 Å². The quantitative estimate of drug-likeness (QED) is 0.581. The monoisotopic (exact) mass is 309 g/mol. The van der Waals surface area contributed by atoms with Crippen molar-refractivity contribution in [3.05, 3.63) is 0 Å². The minimum Gasteiger partial charge on any atom is -0.397 e. The molecule has 0 rings (SSSR count). The molecule has 13 heavy (non-hydrogen) atoms. The zero-order chi connectivity index (χ0) is 8.12. The van der Waals surface area contributed by atoms with E-state index in [0.29, 0.717) is 0 Å². The molecule has 0 amide bonds. The molecular weight excluding hydrogens is 290 g/mol. The Labute approximate surface area is 120 Å². The Morgan fingerprint density at radius 3 is 0.692 bits per heavy atom. The smallest absolute Gasteiger partial charge is 0.0402 e. The van der Waals surface area contributed by atoms with Crippen LogP contribution in [0.2, 0.25) is 0 Å². The first kappa shape index (κ1) is 46.4. The first-order chi connectivity index (χ1) is 4.24. The summed E-state index contributed by atoms with van der Waals surface area (Å²) in [6.45, 7) is 5.79. The van der Waals surface area contributed by atoms with Crippen LogP contribution in [0.5, 0.6) is 0 Å². The number of halogens is 2. The summed E-state index contributed by atoms with van der Waals surface area (Å²) in [4.78, 5) is 0. The van der Waals surface area contributed by atoms with Crippen LogP contribution in [0.25, 0.3) is 0 Å². The molecule has 0 fully saturated rings. The van der Waals surface area contributed by atoms with Crippen LogP contribution in [-0.2, 0) is 40.3 Å². The van der Waals surface area contributed by atoms with Gasteiger partial charge >= 0.3 is 0 Å². The average Bonchev–Trinajstić information content (AvgIpc) is 1.70. The minimum atomic E-state index is 0. The van der Waals surface area contributed by atoms with Crippen LogP contribution in [0.3, 0.4) is 0 Å². The Morgan fingerprint density at radius 2 is 0.692 bits per heavy atom. The summed E-state index contributed by atoms with van der Waals surface area (Å²) in [5, 5.41) is 22.7. The van der Waals surface area contributed by atoms with Gasteiger partial charge in [-0.15, -0.1) is 24.8 Å². The number of aliphatic hydroxyl groups excluding tert-OH is 3. The molecular formula is C6H20Cl2O3TiV. The zero-order valence-electron chi connectivity index (χ0n) is 8.23. The Bertz CT molecular complexity index is 30.6. The summed E-state index contributed by atoms with van der Waals surface area (Å²) in [5.41, 5.74) is 0. The maximum absolute atomic E-state index is 7.57. The molecule has 0 unspecified atom stereocenters. The number of hydrogen-bond donors (Lipinski definition) is 3. The third-order valence-corrected chi connectivity index (χ3v) is 0. The fourth-order valence-corrected chi connectivity index (χ4v) is 0. The fourth-order valence-electron chi connectivity index (χ4n) is 0. The van der Waals surface area contributed by atoms with Crippen molar-refractivity contribution < 1.29 is 55.6 Å². The molecule has 0 saturated carbocycles. The van der Waals surface area contributed by atoms with Crippen LogP contribution in [-0.4, -0.2) is 35.1 Å². The van der Waals surface area contributed by atoms with Crippen molar-refractivity contribution in [2.24, 2.45) is 0 Å². The fraction of sp³-hybridized carbons (Fsp3) is 1.00. The van der Waals surface area contributed by atoms with Crippen molar-refractivity contribution in [2.45, 2.75) is 20.8 Å². The van der Waals surface area contributed by atoms with Crippen LogP contribution >= 0.6 is 24.8 Å². The van der Waals surface area contributed by atoms with Gasteiger partial charge in [-0.25, -0.2) is 0 Å². The second kappa shape index (κ2) is 98.9. The second-order valence-corrected chi connectivity index (χ2v) is 0.949. The van der Waals surface area contributed by atoms with E-state index in [-0.39, 0.29) is 84.9 Å². The Balaban J connectivity index is -0.00000000720. The summed E-state index contributed by atoms with van der Waals surface area (Å²) in [6, 6.07) is 0. The van der Waals surface area contributed by atoms with Gasteiger partial charge in [-0.05, 0) is 20.8 Å². The van der Waals surface area contributed by atoms with Gasteiger partial charge in [-0.2, -0.15) is 0 Å². The van der Waals surface area contributed by atoms with Crippen molar-refractivity contribution in [1.82, 2.24) is 0 Å². The normalized spacial score (nSPS) is 4.15. The summed E-state index contributed by atoms with van der Waals surface area (Å²) < 4.78 is 0. The van der Waals surface area contributed by atoms with Crippen LogP contribution < -0.4 is 0 Å². The SMILES string of the molecule is CCO.CCO.CCO.Cl.Cl.[Ti].[V]. The van der Waals surface area contributed by atoms with Crippen LogP contribution in [0.15, 0.2) is 0 Å². The van der Waals surface area contributed by atoms with Gasteiger partial charge in [0, 0.05) is 60.1 Å². The molecule has 1 radical (unpaired) electrons. The Kier molecular flexibility index (Phi) is 353. The molecule has 7 heteroatoms. The zero-order valence-corrected chi connectivity index (χ0v) is 12.8. The largest absolute Gasteiger partial charge is 0.397 e. The van der Waals surface area contributed by atoms with E-state index in [9.17, 15) is 0 Å². The Hall–Kier alpha value is 1.76. The van der Waals surface area contributed by atoms with Gasteiger partial charge in [0.2, 0.25) is 0 Å². The summed E-state index contributed by atoms with van der Waals surface area (Å²) in [5.74, 6) is 0. The van der Waals surface area contributed by atoms with Crippen LogP contribution in [0, 0.1) is 0 Å². The third kappa shape index (κ3) is 615. The predicted octanol–water partition coefficient (Wildman–Crippen LogP) is 0.834. The van der Waals surface area contributed by atoms with E-state index in [1.54, 1.807) is 20.8 Å². The maximum atomic E-state index is 7.57. The van der Waals surface area contributed by atoms with Gasteiger partial charge in [0.1, 0.15) is 0 Å². The first-order valence-corrected chi connectivity index (χ1v) is 3.07. The summed E-state index contributed by atoms with van der Waals surface area (Å²) in [6.07, 6.45) is 0. The molecule has 0 aliphatic heterocycles. The van der Waals surface area contributed by atoms with E-state index in [4.69, 9.17) is 15.3 Å². The van der Waals surface area contributed by atoms with Crippen molar-refractivity contribution in [1.29, 1.82) is 0 Å². The molecule has 3 N–H and O–H groups in total. The molecule has 0 spiro atoms. The van der Waals surface area contributed by atoms with Crippen molar-refractivity contribution in [3.8, 4) is 0 Å². The summed E-state index contributed by atoms with van der Waals surface area (Å²) in [7, 11) is 0. The van der Waals surface area contributed by atoms with E-state index >= 15 is 0 Å². The van der Waals surface area contributed by atoms with Gasteiger partial charge in [0.25, 0.3) is 0 Å². The van der Waals surface area contributed by atoms with Gasteiger partial charge in [0.05, 0.1) is 0 Å². The number of rotatable bonds is 0. The van der Waals surface area contributed by atoms with E-state index in [2.05, 4.69) is 0 Å². The van der Waals surface area contributed by atoms with Crippen molar-refractivity contribution >= 4 is 24.8 Å². The minimum absolute atomic E-state index is 0. The van der Waals surface area contributed by atoms with Crippen LogP contribution in [0.4, 0.5) is 0 Å². The molecule has 0 aliphatic rings. The molecule has 0 aliphatic carbocycles. The predicted molar refractivity (Wildman–Crippen MR) is 52.8 cm³/mol. The topological polar surface area (TPSA) is 60.7 Å². The second-order valence-electron chi connectivity index (χ2n) is 0.949. The van der Waals surface area contributed by atoms with E-state index in [1.807, 2.05) is 0 Å². The van der Waals surface area contributed by atoms with Crippen LogP contribution in [0.1, 0.15) is 20.8 Å². The average molecular weight is 310 g/mol. The van der Waals surface area contributed by atoms with Gasteiger partial charge in [-0.1, -0.05) is 0 Å². The molecule has 0 heterocycles. The summed E-state index contributed by atoms with van der Waals surface area (Å²) >= 11 is 0. The third-order valence-electron chi connectivity index (χ3n) is 0. The van der Waals surface area contributed by atoms with Gasteiger partial charge in [0.15, 0.2) is 0 Å². The van der Waals surface area contributed by atoms with Crippen molar-refractivity contribution in [2.75, 3.05) is 19.8 Å². The molecule has 3 nitrogen and oxygen atoms in total. The molecule has 0 aromatic heterocycles. The standard InChI is InChI=1S/3C2H6O.2ClH.Ti.V/c3*1-2-3;;;;/h3*3H,2H2,1H3;2*1H;;. The molecule has 85 valence electrons. The maximum Gasteiger partial charge on any atom is 0.0402 e. The molecule has 0 atom stereocenters. The van der Waals surface area contributed by atoms with E-state index in [1.165, 1.54) is 0 Å². The van der Waals surface area contributed by atoms with Gasteiger partial charge in [-0.3, -0.25) is 0 Å². The number of aliphatic hydroxyl groups is 3. The molecule has 0 bridgehead atoms. The first-order valence-electron chi connectivity index (χ1n) is 3.07. The van der Waals surface area contributed by atoms with E-state index in [0.717, 1.165) is 0 Å². The van der Waals surface area contributed by atoms with E-state index < -0.39 is 0 Å². The molecule has 0 aromatic rings. The molecule has 0 aromatic carbocycles. The number of hydrogen-bond acceptors (Lipinski definition) is 3.